The maximum Gasteiger partial charge on any atom is 0.235 e. The molecule has 6 heteroatoms. The number of benzene rings is 2. The van der Waals surface area contributed by atoms with E-state index in [1.807, 2.05) is 36.4 Å². The normalized spacial score (nSPS) is 20.8. The van der Waals surface area contributed by atoms with Crippen LogP contribution in [0.2, 0.25) is 0 Å². The van der Waals surface area contributed by atoms with Crippen molar-refractivity contribution in [1.82, 2.24) is 15.2 Å². The van der Waals surface area contributed by atoms with E-state index in [4.69, 9.17) is 4.74 Å². The molecule has 150 valence electrons. The van der Waals surface area contributed by atoms with E-state index < -0.39 is 5.41 Å². The van der Waals surface area contributed by atoms with Crippen LogP contribution in [0.1, 0.15) is 34.7 Å². The molecule has 1 saturated carbocycles. The molecule has 31 heavy (non-hydrogen) atoms. The highest BCUT2D eigenvalue weighted by Gasteiger charge is 2.65. The summed E-state index contributed by atoms with van der Waals surface area (Å²) in [6, 6.07) is 15.7. The zero-order valence-electron chi connectivity index (χ0n) is 16.8. The predicted molar refractivity (Wildman–Crippen MR) is 117 cm³/mol. The fourth-order valence-electron chi connectivity index (χ4n) is 4.62. The SMILES string of the molecule is COc1ccc2c(c1)[C@]1(C[C@H]1c1ccc3c(C#Cc4cccnc4)n[nH]c3c1)C(=O)N2. The van der Waals surface area contributed by atoms with Crippen molar-refractivity contribution in [3.8, 4) is 17.6 Å². The third kappa shape index (κ3) is 2.63. The molecule has 0 bridgehead atoms. The van der Waals surface area contributed by atoms with Gasteiger partial charge in [-0.25, -0.2) is 0 Å². The Morgan fingerprint density at radius 1 is 1.16 bits per heavy atom. The molecule has 0 radical (unpaired) electrons. The van der Waals surface area contributed by atoms with E-state index in [0.29, 0.717) is 5.69 Å². The molecule has 6 nitrogen and oxygen atoms in total. The van der Waals surface area contributed by atoms with Crippen molar-refractivity contribution < 1.29 is 9.53 Å². The van der Waals surface area contributed by atoms with Crippen LogP contribution in [-0.4, -0.2) is 28.2 Å². The molecule has 1 spiro atoms. The Kier molecular flexibility index (Phi) is 3.68. The largest absolute Gasteiger partial charge is 0.497 e. The fraction of sp³-hybridized carbons (Fsp3) is 0.160. The first-order chi connectivity index (χ1) is 15.2. The Labute approximate surface area is 178 Å². The molecule has 1 aliphatic carbocycles. The first kappa shape index (κ1) is 17.7. The molecule has 2 aromatic heterocycles. The number of ether oxygens (including phenoxy) is 1. The lowest BCUT2D eigenvalue weighted by atomic mass is 9.91. The Bertz CT molecular complexity index is 1410. The molecule has 0 unspecified atom stereocenters. The summed E-state index contributed by atoms with van der Waals surface area (Å²) in [5.74, 6) is 7.17. The van der Waals surface area contributed by atoms with Crippen LogP contribution < -0.4 is 10.1 Å². The fourth-order valence-corrected chi connectivity index (χ4v) is 4.62. The van der Waals surface area contributed by atoms with Gasteiger partial charge in [0, 0.05) is 34.9 Å². The maximum atomic E-state index is 12.9. The number of aromatic nitrogens is 3. The molecule has 4 aromatic rings. The van der Waals surface area contributed by atoms with Crippen molar-refractivity contribution in [1.29, 1.82) is 0 Å². The molecule has 2 N–H and O–H groups in total. The molecule has 1 aliphatic heterocycles. The third-order valence-electron chi connectivity index (χ3n) is 6.30. The van der Waals surface area contributed by atoms with Crippen molar-refractivity contribution in [2.24, 2.45) is 0 Å². The average Bonchev–Trinajstić information content (AvgIpc) is 3.35. The first-order valence-electron chi connectivity index (χ1n) is 10.1. The molecule has 2 aromatic carbocycles. The zero-order valence-corrected chi connectivity index (χ0v) is 16.8. The molecule has 0 saturated heterocycles. The van der Waals surface area contributed by atoms with Crippen LogP contribution >= 0.6 is 0 Å². The van der Waals surface area contributed by atoms with Gasteiger partial charge in [-0.1, -0.05) is 12.0 Å². The van der Waals surface area contributed by atoms with Gasteiger partial charge >= 0.3 is 0 Å². The maximum absolute atomic E-state index is 12.9. The molecule has 1 fully saturated rings. The van der Waals surface area contributed by atoms with Crippen molar-refractivity contribution in [2.45, 2.75) is 17.8 Å². The molecule has 6 rings (SSSR count). The van der Waals surface area contributed by atoms with Gasteiger partial charge in [-0.15, -0.1) is 0 Å². The van der Waals surface area contributed by atoms with Crippen LogP contribution in [-0.2, 0) is 10.2 Å². The number of fused-ring (bicyclic) bond motifs is 3. The van der Waals surface area contributed by atoms with Gasteiger partial charge in [0.25, 0.3) is 0 Å². The van der Waals surface area contributed by atoms with Gasteiger partial charge in [0.1, 0.15) is 11.4 Å². The van der Waals surface area contributed by atoms with Gasteiger partial charge in [-0.05, 0) is 65.9 Å². The number of amides is 1. The van der Waals surface area contributed by atoms with Crippen LogP contribution in [0.3, 0.4) is 0 Å². The van der Waals surface area contributed by atoms with Crippen LogP contribution in [0.4, 0.5) is 5.69 Å². The van der Waals surface area contributed by atoms with E-state index in [1.165, 1.54) is 0 Å². The van der Waals surface area contributed by atoms with Gasteiger partial charge < -0.3 is 10.1 Å². The van der Waals surface area contributed by atoms with Crippen molar-refractivity contribution in [2.75, 3.05) is 12.4 Å². The quantitative estimate of drug-likeness (QED) is 0.497. The van der Waals surface area contributed by atoms with Gasteiger partial charge in [0.2, 0.25) is 5.91 Å². The van der Waals surface area contributed by atoms with Gasteiger partial charge in [0.05, 0.1) is 18.0 Å². The second-order valence-electron chi connectivity index (χ2n) is 7.96. The van der Waals surface area contributed by atoms with E-state index in [-0.39, 0.29) is 11.8 Å². The number of H-pyrrole nitrogens is 1. The number of aromatic amines is 1. The minimum Gasteiger partial charge on any atom is -0.497 e. The summed E-state index contributed by atoms with van der Waals surface area (Å²) in [4.78, 5) is 17.0. The number of carbonyl (C=O) groups is 1. The Morgan fingerprint density at radius 2 is 2.10 bits per heavy atom. The summed E-state index contributed by atoms with van der Waals surface area (Å²) >= 11 is 0. The lowest BCUT2D eigenvalue weighted by Gasteiger charge is -2.10. The van der Waals surface area contributed by atoms with Crippen LogP contribution in [0.15, 0.2) is 60.9 Å². The Balaban J connectivity index is 1.34. The van der Waals surface area contributed by atoms with Gasteiger partial charge in [0.15, 0.2) is 0 Å². The Hall–Kier alpha value is -4.11. The second kappa shape index (κ2) is 6.44. The monoisotopic (exact) mass is 406 g/mol. The smallest absolute Gasteiger partial charge is 0.235 e. The van der Waals surface area contributed by atoms with E-state index in [0.717, 1.165) is 45.5 Å². The minimum atomic E-state index is -0.513. The summed E-state index contributed by atoms with van der Waals surface area (Å²) in [5, 5.41) is 11.5. The van der Waals surface area contributed by atoms with Crippen molar-refractivity contribution in [3.05, 3.63) is 83.3 Å². The van der Waals surface area contributed by atoms with Crippen LogP contribution in [0.25, 0.3) is 10.9 Å². The summed E-state index contributed by atoms with van der Waals surface area (Å²) in [5.41, 5.74) is 4.97. The highest BCUT2D eigenvalue weighted by atomic mass is 16.5. The van der Waals surface area contributed by atoms with E-state index >= 15 is 0 Å². The minimum absolute atomic E-state index is 0.0634. The van der Waals surface area contributed by atoms with E-state index in [2.05, 4.69) is 44.5 Å². The third-order valence-corrected chi connectivity index (χ3v) is 6.30. The molecular formula is C25H18N4O2. The second-order valence-corrected chi connectivity index (χ2v) is 7.96. The Morgan fingerprint density at radius 3 is 2.94 bits per heavy atom. The lowest BCUT2D eigenvalue weighted by molar-refractivity contribution is -0.118. The standard InChI is InChI=1S/C25H18N4O2/c1-31-17-6-9-22-19(12-17)25(24(30)27-22)13-20(25)16-5-7-18-21(28-29-23(18)11-16)8-4-15-3-2-10-26-14-15/h2-3,5-7,9-12,14,20H,13H2,1H3,(H,27,30)(H,28,29)/t20-,25-/m0/s1. The lowest BCUT2D eigenvalue weighted by Crippen LogP contribution is -2.21. The predicted octanol–water partition coefficient (Wildman–Crippen LogP) is 3.74. The number of hydrogen-bond donors (Lipinski definition) is 2. The molecule has 1 amide bonds. The first-order valence-corrected chi connectivity index (χ1v) is 10.1. The number of nitrogens with one attached hydrogen (secondary N) is 2. The molecule has 2 atom stereocenters. The number of rotatable bonds is 2. The molecule has 2 aliphatic rings. The zero-order chi connectivity index (χ0) is 21.0. The number of carbonyl (C=O) groups excluding carboxylic acids is 1. The average molecular weight is 406 g/mol. The van der Waals surface area contributed by atoms with E-state index in [1.54, 1.807) is 19.5 Å². The highest BCUT2D eigenvalue weighted by Crippen LogP contribution is 2.65. The topological polar surface area (TPSA) is 79.9 Å². The molecule has 3 heterocycles. The highest BCUT2D eigenvalue weighted by molar-refractivity contribution is 6.10. The summed E-state index contributed by atoms with van der Waals surface area (Å²) in [6.45, 7) is 0. The summed E-state index contributed by atoms with van der Waals surface area (Å²) in [6.07, 6.45) is 4.23. The van der Waals surface area contributed by atoms with Crippen molar-refractivity contribution in [3.63, 3.8) is 0 Å². The summed E-state index contributed by atoms with van der Waals surface area (Å²) < 4.78 is 5.38. The van der Waals surface area contributed by atoms with Crippen LogP contribution in [0, 0.1) is 11.8 Å². The van der Waals surface area contributed by atoms with Crippen molar-refractivity contribution >= 4 is 22.5 Å². The number of pyridine rings is 1. The van der Waals surface area contributed by atoms with E-state index in [9.17, 15) is 4.79 Å². The number of hydrogen-bond acceptors (Lipinski definition) is 4. The summed E-state index contributed by atoms with van der Waals surface area (Å²) in [7, 11) is 1.64. The number of anilines is 1. The number of methoxy groups -OCH3 is 1. The van der Waals surface area contributed by atoms with Gasteiger partial charge in [-0.3, -0.25) is 14.9 Å². The molecular weight excluding hydrogens is 388 g/mol. The number of nitrogens with zero attached hydrogens (tertiary/aromatic N) is 2. The van der Waals surface area contributed by atoms with Crippen LogP contribution in [0.5, 0.6) is 5.75 Å². The van der Waals surface area contributed by atoms with Gasteiger partial charge in [-0.2, -0.15) is 5.10 Å².